The molecule has 3 heterocycles. The molecule has 8 heteroatoms. The van der Waals surface area contributed by atoms with E-state index in [0.717, 1.165) is 94.0 Å². The number of hydrogen-bond acceptors (Lipinski definition) is 7. The van der Waals surface area contributed by atoms with Crippen molar-refractivity contribution in [3.63, 3.8) is 0 Å². The van der Waals surface area contributed by atoms with Crippen LogP contribution in [-0.4, -0.2) is 88.6 Å². The molecule has 0 bridgehead atoms. The van der Waals surface area contributed by atoms with Gasteiger partial charge in [0.1, 0.15) is 18.1 Å². The Hall–Kier alpha value is -2.91. The third kappa shape index (κ3) is 5.85. The molecule has 2 aromatic rings. The predicted molar refractivity (Wildman–Crippen MR) is 135 cm³/mol. The molecule has 2 aromatic carbocycles. The molecule has 1 N–H and O–H groups in total. The van der Waals surface area contributed by atoms with Crippen LogP contribution >= 0.6 is 0 Å². The minimum Gasteiger partial charge on any atom is -0.497 e. The van der Waals surface area contributed by atoms with Crippen LogP contribution in [0.1, 0.15) is 16.7 Å². The number of anilines is 1. The maximum absolute atomic E-state index is 12.9. The van der Waals surface area contributed by atoms with Crippen LogP contribution < -0.4 is 14.8 Å². The van der Waals surface area contributed by atoms with Crippen molar-refractivity contribution in [1.29, 1.82) is 0 Å². The molecule has 186 valence electrons. The van der Waals surface area contributed by atoms with E-state index in [9.17, 15) is 4.79 Å². The number of ether oxygens (including phenoxy) is 4. The molecule has 3 aliphatic rings. The number of rotatable bonds is 8. The number of fused-ring (bicyclic) bond motifs is 1. The Morgan fingerprint density at radius 1 is 0.971 bits per heavy atom. The number of hydrogen-bond donors (Lipinski definition) is 1. The first-order chi connectivity index (χ1) is 17.2. The van der Waals surface area contributed by atoms with Crippen molar-refractivity contribution < 1.29 is 23.7 Å². The lowest BCUT2D eigenvalue weighted by molar-refractivity contribution is -0.110. The van der Waals surface area contributed by atoms with Gasteiger partial charge in [-0.05, 0) is 35.9 Å². The quantitative estimate of drug-likeness (QED) is 0.584. The first-order valence-corrected chi connectivity index (χ1v) is 12.3. The number of carbonyl (C=O) groups excluding carboxylic acids is 1. The topological polar surface area (TPSA) is 72.5 Å². The van der Waals surface area contributed by atoms with Gasteiger partial charge in [0.05, 0.1) is 33.5 Å². The lowest BCUT2D eigenvalue weighted by Crippen LogP contribution is -2.38. The van der Waals surface area contributed by atoms with Crippen molar-refractivity contribution in [2.75, 3.05) is 78.2 Å². The van der Waals surface area contributed by atoms with Crippen LogP contribution in [0.15, 0.2) is 36.4 Å². The highest BCUT2D eigenvalue weighted by Gasteiger charge is 2.25. The van der Waals surface area contributed by atoms with Crippen LogP contribution in [0.3, 0.4) is 0 Å². The van der Waals surface area contributed by atoms with Crippen LogP contribution in [0.2, 0.25) is 0 Å². The Balaban J connectivity index is 1.34. The maximum atomic E-state index is 12.9. The molecule has 0 aliphatic carbocycles. The molecule has 0 aromatic heterocycles. The summed E-state index contributed by atoms with van der Waals surface area (Å²) in [5.41, 5.74) is 4.39. The summed E-state index contributed by atoms with van der Waals surface area (Å²) >= 11 is 0. The molecule has 0 spiro atoms. The predicted octanol–water partition coefficient (Wildman–Crippen LogP) is 2.73. The van der Waals surface area contributed by atoms with E-state index in [0.29, 0.717) is 12.2 Å². The van der Waals surface area contributed by atoms with E-state index < -0.39 is 0 Å². The van der Waals surface area contributed by atoms with Crippen LogP contribution in [0, 0.1) is 0 Å². The minimum absolute atomic E-state index is 0.106. The standard InChI is InChI=1S/C27H33N3O5/c1-32-22-3-5-26(35-15-10-29-6-11-33-12-7-29)21(17-22)18-24-23-4-2-20(16-25(23)28-27(24)31)19-30-8-13-34-14-9-30/h2-5,16-18H,6-15,19H2,1H3,(H,28,31). The molecular formula is C27H33N3O5. The molecule has 8 nitrogen and oxygen atoms in total. The van der Waals surface area contributed by atoms with Crippen LogP contribution in [0.4, 0.5) is 5.69 Å². The second-order valence-corrected chi connectivity index (χ2v) is 8.99. The SMILES string of the molecule is COc1ccc(OCCN2CCOCC2)c(C=C2C(=O)Nc3cc(CN4CCOCC4)ccc32)c1. The first-order valence-electron chi connectivity index (χ1n) is 12.3. The molecule has 35 heavy (non-hydrogen) atoms. The zero-order valence-corrected chi connectivity index (χ0v) is 20.3. The van der Waals surface area contributed by atoms with E-state index >= 15 is 0 Å². The Kier molecular flexibility index (Phi) is 7.63. The monoisotopic (exact) mass is 479 g/mol. The summed E-state index contributed by atoms with van der Waals surface area (Å²) in [5.74, 6) is 1.35. The third-order valence-corrected chi connectivity index (χ3v) is 6.66. The molecule has 2 saturated heterocycles. The van der Waals surface area contributed by atoms with Crippen molar-refractivity contribution in [3.8, 4) is 11.5 Å². The Morgan fingerprint density at radius 3 is 2.46 bits per heavy atom. The number of carbonyl (C=O) groups is 1. The highest BCUT2D eigenvalue weighted by Crippen LogP contribution is 2.36. The largest absolute Gasteiger partial charge is 0.497 e. The number of benzene rings is 2. The van der Waals surface area contributed by atoms with Gasteiger partial charge < -0.3 is 24.3 Å². The van der Waals surface area contributed by atoms with Gasteiger partial charge in [-0.3, -0.25) is 14.6 Å². The number of nitrogens with zero attached hydrogens (tertiary/aromatic N) is 2. The van der Waals surface area contributed by atoms with Gasteiger partial charge in [0.2, 0.25) is 0 Å². The van der Waals surface area contributed by atoms with Crippen molar-refractivity contribution in [2.45, 2.75) is 6.54 Å². The third-order valence-electron chi connectivity index (χ3n) is 6.66. The summed E-state index contributed by atoms with van der Waals surface area (Å²) < 4.78 is 22.4. The molecule has 0 atom stereocenters. The molecule has 2 fully saturated rings. The average Bonchev–Trinajstić information content (AvgIpc) is 3.20. The molecule has 1 amide bonds. The fraction of sp³-hybridized carbons (Fsp3) is 0.444. The van der Waals surface area contributed by atoms with E-state index in [-0.39, 0.29) is 5.91 Å². The van der Waals surface area contributed by atoms with E-state index in [2.05, 4.69) is 27.2 Å². The van der Waals surface area contributed by atoms with Gasteiger partial charge in [-0.25, -0.2) is 0 Å². The van der Waals surface area contributed by atoms with Crippen molar-refractivity contribution in [2.24, 2.45) is 0 Å². The maximum Gasteiger partial charge on any atom is 0.256 e. The smallest absolute Gasteiger partial charge is 0.256 e. The molecule has 5 rings (SSSR count). The van der Waals surface area contributed by atoms with Gasteiger partial charge in [0.15, 0.2) is 0 Å². The summed E-state index contributed by atoms with van der Waals surface area (Å²) in [6, 6.07) is 11.9. The van der Waals surface area contributed by atoms with E-state index in [1.54, 1.807) is 7.11 Å². The van der Waals surface area contributed by atoms with E-state index in [4.69, 9.17) is 18.9 Å². The fourth-order valence-corrected chi connectivity index (χ4v) is 4.66. The average molecular weight is 480 g/mol. The summed E-state index contributed by atoms with van der Waals surface area (Å²) in [4.78, 5) is 17.6. The summed E-state index contributed by atoms with van der Waals surface area (Å²) in [7, 11) is 1.64. The molecule has 0 saturated carbocycles. The molecule has 0 unspecified atom stereocenters. The summed E-state index contributed by atoms with van der Waals surface area (Å²) in [5, 5.41) is 3.04. The van der Waals surface area contributed by atoms with Gasteiger partial charge >= 0.3 is 0 Å². The number of morpholine rings is 2. The lowest BCUT2D eigenvalue weighted by atomic mass is 10.0. The van der Waals surface area contributed by atoms with Gasteiger partial charge in [0, 0.05) is 61.7 Å². The summed E-state index contributed by atoms with van der Waals surface area (Å²) in [6.45, 7) is 9.03. The molecular weight excluding hydrogens is 446 g/mol. The highest BCUT2D eigenvalue weighted by atomic mass is 16.5. The second-order valence-electron chi connectivity index (χ2n) is 8.99. The lowest BCUT2D eigenvalue weighted by Gasteiger charge is -2.26. The van der Waals surface area contributed by atoms with E-state index in [1.807, 2.05) is 30.3 Å². The zero-order valence-electron chi connectivity index (χ0n) is 20.3. The fourth-order valence-electron chi connectivity index (χ4n) is 4.66. The van der Waals surface area contributed by atoms with Crippen molar-refractivity contribution in [1.82, 2.24) is 9.80 Å². The van der Waals surface area contributed by atoms with Gasteiger partial charge in [-0.15, -0.1) is 0 Å². The normalized spacial score (nSPS) is 20.0. The van der Waals surface area contributed by atoms with Gasteiger partial charge in [-0.2, -0.15) is 0 Å². The van der Waals surface area contributed by atoms with Crippen LogP contribution in [0.5, 0.6) is 11.5 Å². The molecule has 3 aliphatic heterocycles. The van der Waals surface area contributed by atoms with Crippen molar-refractivity contribution >= 4 is 23.2 Å². The highest BCUT2D eigenvalue weighted by molar-refractivity contribution is 6.35. The second kappa shape index (κ2) is 11.2. The van der Waals surface area contributed by atoms with Crippen LogP contribution in [-0.2, 0) is 20.8 Å². The number of nitrogens with one attached hydrogen (secondary N) is 1. The Morgan fingerprint density at radius 2 is 1.71 bits per heavy atom. The summed E-state index contributed by atoms with van der Waals surface area (Å²) in [6.07, 6.45) is 1.90. The Labute approximate surface area is 206 Å². The van der Waals surface area contributed by atoms with Gasteiger partial charge in [0.25, 0.3) is 5.91 Å². The number of amides is 1. The zero-order chi connectivity index (χ0) is 24.0. The first kappa shape index (κ1) is 23.8. The van der Waals surface area contributed by atoms with Crippen molar-refractivity contribution in [3.05, 3.63) is 53.1 Å². The Bertz CT molecular complexity index is 1070. The molecule has 0 radical (unpaired) electrons. The van der Waals surface area contributed by atoms with E-state index in [1.165, 1.54) is 5.56 Å². The minimum atomic E-state index is -0.106. The van der Waals surface area contributed by atoms with Crippen LogP contribution in [0.25, 0.3) is 11.6 Å². The number of methoxy groups -OCH3 is 1. The van der Waals surface area contributed by atoms with Gasteiger partial charge in [-0.1, -0.05) is 12.1 Å².